The highest BCUT2D eigenvalue weighted by molar-refractivity contribution is 5.89. The van der Waals surface area contributed by atoms with Crippen LogP contribution in [-0.2, 0) is 0 Å². The molecule has 18 heavy (non-hydrogen) atoms. The number of hydrogen-bond acceptors (Lipinski definition) is 2. The zero-order chi connectivity index (χ0) is 13.0. The second kappa shape index (κ2) is 5.83. The Labute approximate surface area is 106 Å². The summed E-state index contributed by atoms with van der Waals surface area (Å²) in [6, 6.07) is 11.6. The molecule has 0 amide bonds. The molecular formula is C15H17FO2. The van der Waals surface area contributed by atoms with Crippen LogP contribution >= 0.6 is 0 Å². The number of hydrogen-bond donors (Lipinski definition) is 1. The number of aliphatic hydroxyl groups excluding tert-OH is 1. The fourth-order valence-electron chi connectivity index (χ4n) is 1.98. The average Bonchev–Trinajstić information content (AvgIpc) is 2.38. The van der Waals surface area contributed by atoms with Gasteiger partial charge in [0.2, 0.25) is 0 Å². The van der Waals surface area contributed by atoms with Crippen LogP contribution in [0.2, 0.25) is 0 Å². The summed E-state index contributed by atoms with van der Waals surface area (Å²) in [6.45, 7) is 1.63. The van der Waals surface area contributed by atoms with E-state index < -0.39 is 12.8 Å². The van der Waals surface area contributed by atoms with Gasteiger partial charge in [0, 0.05) is 17.4 Å². The third-order valence-electron chi connectivity index (χ3n) is 2.88. The summed E-state index contributed by atoms with van der Waals surface area (Å²) in [4.78, 5) is 0. The van der Waals surface area contributed by atoms with E-state index in [0.29, 0.717) is 18.8 Å². The van der Waals surface area contributed by atoms with Crippen LogP contribution in [0, 0.1) is 0 Å². The van der Waals surface area contributed by atoms with Crippen molar-refractivity contribution in [1.29, 1.82) is 0 Å². The predicted molar refractivity (Wildman–Crippen MR) is 70.7 cm³/mol. The molecule has 3 heteroatoms. The van der Waals surface area contributed by atoms with Gasteiger partial charge in [0.1, 0.15) is 5.75 Å². The summed E-state index contributed by atoms with van der Waals surface area (Å²) in [5.74, 6) is 0.663. The van der Waals surface area contributed by atoms with Crippen LogP contribution in [0.15, 0.2) is 36.4 Å². The van der Waals surface area contributed by atoms with Gasteiger partial charge < -0.3 is 9.84 Å². The lowest BCUT2D eigenvalue weighted by Gasteiger charge is -2.15. The lowest BCUT2D eigenvalue weighted by Crippen LogP contribution is -2.03. The van der Waals surface area contributed by atoms with Gasteiger partial charge >= 0.3 is 0 Å². The molecular weight excluding hydrogens is 231 g/mol. The zero-order valence-electron chi connectivity index (χ0n) is 10.4. The molecule has 0 saturated heterocycles. The SMILES string of the molecule is C[C@@H](O)c1ccc2ccccc2c1OCCCF. The lowest BCUT2D eigenvalue weighted by atomic mass is 10.0. The maximum Gasteiger partial charge on any atom is 0.132 e. The second-order valence-electron chi connectivity index (χ2n) is 4.27. The van der Waals surface area contributed by atoms with Crippen molar-refractivity contribution in [1.82, 2.24) is 0 Å². The standard InChI is InChI=1S/C15H17FO2/c1-11(17)13-8-7-12-5-2-3-6-14(12)15(13)18-10-4-9-16/h2-3,5-8,11,17H,4,9-10H2,1H3/t11-/m1/s1. The van der Waals surface area contributed by atoms with Crippen molar-refractivity contribution in [3.8, 4) is 5.75 Å². The number of fused-ring (bicyclic) bond motifs is 1. The fourth-order valence-corrected chi connectivity index (χ4v) is 1.98. The third kappa shape index (κ3) is 2.62. The molecule has 2 rings (SSSR count). The minimum absolute atomic E-state index is 0.324. The molecule has 0 bridgehead atoms. The minimum atomic E-state index is -0.602. The Morgan fingerprint density at radius 2 is 2.00 bits per heavy atom. The van der Waals surface area contributed by atoms with Gasteiger partial charge in [0.25, 0.3) is 0 Å². The Balaban J connectivity index is 2.45. The number of aliphatic hydroxyl groups is 1. The Hall–Kier alpha value is -1.61. The first-order chi connectivity index (χ1) is 8.74. The van der Waals surface area contributed by atoms with Gasteiger partial charge in [0.15, 0.2) is 0 Å². The van der Waals surface area contributed by atoms with Gasteiger partial charge in [0.05, 0.1) is 19.4 Å². The van der Waals surface area contributed by atoms with E-state index in [2.05, 4.69) is 0 Å². The van der Waals surface area contributed by atoms with Gasteiger partial charge in [-0.15, -0.1) is 0 Å². The molecule has 0 aliphatic rings. The van der Waals surface area contributed by atoms with E-state index in [-0.39, 0.29) is 0 Å². The first kappa shape index (κ1) is 12.8. The van der Waals surface area contributed by atoms with E-state index in [0.717, 1.165) is 16.3 Å². The van der Waals surface area contributed by atoms with Crippen molar-refractivity contribution in [3.63, 3.8) is 0 Å². The van der Waals surface area contributed by atoms with Gasteiger partial charge in [-0.25, -0.2) is 0 Å². The molecule has 0 aromatic heterocycles. The molecule has 1 N–H and O–H groups in total. The molecule has 0 aliphatic heterocycles. The third-order valence-corrected chi connectivity index (χ3v) is 2.88. The molecule has 0 saturated carbocycles. The summed E-state index contributed by atoms with van der Waals surface area (Å²) >= 11 is 0. The summed E-state index contributed by atoms with van der Waals surface area (Å²) in [5, 5.41) is 11.8. The minimum Gasteiger partial charge on any atom is -0.492 e. The first-order valence-corrected chi connectivity index (χ1v) is 6.12. The number of alkyl halides is 1. The molecule has 0 unspecified atom stereocenters. The fraction of sp³-hybridized carbons (Fsp3) is 0.333. The molecule has 2 nitrogen and oxygen atoms in total. The Bertz CT molecular complexity index is 523. The number of rotatable bonds is 5. The molecule has 96 valence electrons. The van der Waals surface area contributed by atoms with Crippen LogP contribution in [0.4, 0.5) is 4.39 Å². The smallest absolute Gasteiger partial charge is 0.132 e. The maximum atomic E-state index is 12.1. The van der Waals surface area contributed by atoms with Crippen LogP contribution in [0.3, 0.4) is 0 Å². The summed E-state index contributed by atoms with van der Waals surface area (Å²) in [6.07, 6.45) is -0.238. The molecule has 1 atom stereocenters. The van der Waals surface area contributed by atoms with Crippen LogP contribution in [0.25, 0.3) is 10.8 Å². The van der Waals surface area contributed by atoms with Crippen molar-refractivity contribution in [2.75, 3.05) is 13.3 Å². The first-order valence-electron chi connectivity index (χ1n) is 6.12. The normalized spacial score (nSPS) is 12.6. The Morgan fingerprint density at radius 1 is 1.22 bits per heavy atom. The van der Waals surface area contributed by atoms with Crippen molar-refractivity contribution in [3.05, 3.63) is 42.0 Å². The number of halogens is 1. The molecule has 0 spiro atoms. The Kier molecular flexibility index (Phi) is 4.15. The predicted octanol–water partition coefficient (Wildman–Crippen LogP) is 3.63. The molecule has 0 heterocycles. The lowest BCUT2D eigenvalue weighted by molar-refractivity contribution is 0.191. The Morgan fingerprint density at radius 3 is 2.72 bits per heavy atom. The highest BCUT2D eigenvalue weighted by atomic mass is 19.1. The maximum absolute atomic E-state index is 12.1. The van der Waals surface area contributed by atoms with Crippen LogP contribution in [0.1, 0.15) is 25.0 Å². The molecule has 0 radical (unpaired) electrons. The molecule has 2 aromatic carbocycles. The highest BCUT2D eigenvalue weighted by Crippen LogP contribution is 2.33. The van der Waals surface area contributed by atoms with E-state index in [1.54, 1.807) is 6.92 Å². The van der Waals surface area contributed by atoms with E-state index in [4.69, 9.17) is 4.74 Å². The van der Waals surface area contributed by atoms with E-state index in [1.165, 1.54) is 0 Å². The summed E-state index contributed by atoms with van der Waals surface area (Å²) in [7, 11) is 0. The van der Waals surface area contributed by atoms with E-state index >= 15 is 0 Å². The van der Waals surface area contributed by atoms with Crippen molar-refractivity contribution >= 4 is 10.8 Å². The molecule has 0 fully saturated rings. The van der Waals surface area contributed by atoms with Gasteiger partial charge in [-0.3, -0.25) is 4.39 Å². The largest absolute Gasteiger partial charge is 0.492 e. The van der Waals surface area contributed by atoms with Gasteiger partial charge in [-0.2, -0.15) is 0 Å². The van der Waals surface area contributed by atoms with Crippen LogP contribution < -0.4 is 4.74 Å². The zero-order valence-corrected chi connectivity index (χ0v) is 10.4. The highest BCUT2D eigenvalue weighted by Gasteiger charge is 2.12. The van der Waals surface area contributed by atoms with Gasteiger partial charge in [-0.1, -0.05) is 36.4 Å². The van der Waals surface area contributed by atoms with E-state index in [9.17, 15) is 9.50 Å². The van der Waals surface area contributed by atoms with Crippen molar-refractivity contribution in [2.24, 2.45) is 0 Å². The van der Waals surface area contributed by atoms with Crippen molar-refractivity contribution < 1.29 is 14.2 Å². The quantitative estimate of drug-likeness (QED) is 0.819. The number of ether oxygens (including phenoxy) is 1. The van der Waals surface area contributed by atoms with Crippen LogP contribution in [-0.4, -0.2) is 18.4 Å². The molecule has 0 aliphatic carbocycles. The topological polar surface area (TPSA) is 29.5 Å². The number of benzene rings is 2. The van der Waals surface area contributed by atoms with Crippen LogP contribution in [0.5, 0.6) is 5.75 Å². The monoisotopic (exact) mass is 248 g/mol. The van der Waals surface area contributed by atoms with Crippen molar-refractivity contribution in [2.45, 2.75) is 19.4 Å². The van der Waals surface area contributed by atoms with Gasteiger partial charge in [-0.05, 0) is 12.3 Å². The average molecular weight is 248 g/mol. The summed E-state index contributed by atoms with van der Waals surface area (Å²) < 4.78 is 17.8. The summed E-state index contributed by atoms with van der Waals surface area (Å²) in [5.41, 5.74) is 0.743. The molecule has 2 aromatic rings. The second-order valence-corrected chi connectivity index (χ2v) is 4.27. The van der Waals surface area contributed by atoms with E-state index in [1.807, 2.05) is 36.4 Å².